The zero-order valence-corrected chi connectivity index (χ0v) is 19.6. The molecule has 30 heavy (non-hydrogen) atoms. The van der Waals surface area contributed by atoms with Crippen molar-refractivity contribution in [2.75, 3.05) is 13.2 Å². The van der Waals surface area contributed by atoms with E-state index in [0.717, 1.165) is 10.6 Å². The second-order valence-electron chi connectivity index (χ2n) is 7.03. The minimum Gasteiger partial charge on any atom is -0.464 e. The highest BCUT2D eigenvalue weighted by Crippen LogP contribution is 2.47. The summed E-state index contributed by atoms with van der Waals surface area (Å²) in [7, 11) is -2.37. The molecule has 0 aromatic carbocycles. The minimum absolute atomic E-state index is 0.00733. The van der Waals surface area contributed by atoms with Crippen LogP contribution < -0.4 is 16.3 Å². The highest BCUT2D eigenvalue weighted by Gasteiger charge is 2.56. The number of hydrogen-bond donors (Lipinski definition) is 3. The van der Waals surface area contributed by atoms with E-state index in [1.807, 2.05) is 0 Å². The fourth-order valence-electron chi connectivity index (χ4n) is 2.49. The summed E-state index contributed by atoms with van der Waals surface area (Å²) < 4.78 is 27.4. The van der Waals surface area contributed by atoms with Crippen molar-refractivity contribution < 1.29 is 28.5 Å². The maximum absolute atomic E-state index is 12.1. The molecule has 0 aliphatic carbocycles. The highest BCUT2D eigenvalue weighted by atomic mass is 79.9. The first kappa shape index (κ1) is 25.1. The Kier molecular flexibility index (Phi) is 8.75. The number of aromatic amines is 1. The third-order valence-corrected chi connectivity index (χ3v) is 6.42. The van der Waals surface area contributed by atoms with Gasteiger partial charge in [0.25, 0.3) is 5.56 Å². The van der Waals surface area contributed by atoms with E-state index in [1.54, 1.807) is 20.8 Å². The van der Waals surface area contributed by atoms with Crippen LogP contribution in [0.5, 0.6) is 0 Å². The van der Waals surface area contributed by atoms with Gasteiger partial charge in [-0.05, 0) is 11.5 Å². The average molecular weight is 532 g/mol. The number of aromatic nitrogens is 2. The van der Waals surface area contributed by atoms with Gasteiger partial charge >= 0.3 is 19.8 Å². The van der Waals surface area contributed by atoms with Crippen molar-refractivity contribution in [3.63, 3.8) is 0 Å². The molecule has 1 aliphatic rings. The number of carbonyl (C=O) groups excluding carboxylic acids is 1. The third-order valence-electron chi connectivity index (χ3n) is 4.11. The number of ether oxygens (including phenoxy) is 2. The molecule has 1 fully saturated rings. The quantitative estimate of drug-likeness (QED) is 0.241. The van der Waals surface area contributed by atoms with Gasteiger partial charge in [-0.3, -0.25) is 19.1 Å². The fourth-order valence-corrected chi connectivity index (χ4v) is 4.20. The number of rotatable bonds is 9. The molecule has 0 spiro atoms. The third kappa shape index (κ3) is 6.19. The summed E-state index contributed by atoms with van der Waals surface area (Å²) in [5.41, 5.74) is -1.37. The number of nitrogens with zero attached hydrogens (tertiary/aromatic N) is 1. The summed E-state index contributed by atoms with van der Waals surface area (Å²) in [4.78, 5) is 36.8. The molecule has 1 aromatic heterocycles. The Labute approximate surface area is 186 Å². The van der Waals surface area contributed by atoms with Crippen LogP contribution in [0.25, 0.3) is 0 Å². The second kappa shape index (κ2) is 10.4. The Bertz CT molecular complexity index is 892. The van der Waals surface area contributed by atoms with E-state index in [4.69, 9.17) is 25.6 Å². The molecule has 1 saturated heterocycles. The van der Waals surface area contributed by atoms with Crippen LogP contribution in [-0.4, -0.2) is 55.9 Å². The van der Waals surface area contributed by atoms with Crippen LogP contribution in [-0.2, 0) is 23.4 Å². The predicted molar refractivity (Wildman–Crippen MR) is 111 cm³/mol. The van der Waals surface area contributed by atoms with Crippen molar-refractivity contribution in [2.45, 2.75) is 49.0 Å². The number of esters is 1. The SMILES string of the molecule is CC(C)C(=O)OC[C@H](C)N[P+](=O)OC[C@H]1O[C@@H](n2ccc(=O)[nH]c2=O)[C@](Cl)(Br)[C@@H]1O. The zero-order valence-electron chi connectivity index (χ0n) is 16.4. The highest BCUT2D eigenvalue weighted by molar-refractivity contribution is 9.10. The monoisotopic (exact) mass is 530 g/mol. The van der Waals surface area contributed by atoms with Gasteiger partial charge in [0.05, 0.1) is 12.0 Å². The molecule has 3 N–H and O–H groups in total. The lowest BCUT2D eigenvalue weighted by Gasteiger charge is -2.24. The van der Waals surface area contributed by atoms with Crippen molar-refractivity contribution >= 4 is 41.7 Å². The summed E-state index contributed by atoms with van der Waals surface area (Å²) >= 11 is 9.46. The molecule has 1 aliphatic heterocycles. The van der Waals surface area contributed by atoms with Gasteiger partial charge in [-0.15, -0.1) is 4.52 Å². The van der Waals surface area contributed by atoms with Gasteiger partial charge in [0.2, 0.25) is 0 Å². The van der Waals surface area contributed by atoms with Crippen molar-refractivity contribution in [2.24, 2.45) is 5.92 Å². The molecular formula is C16H23BrClN3O8P+. The Morgan fingerprint density at radius 2 is 2.17 bits per heavy atom. The molecule has 14 heteroatoms. The lowest BCUT2D eigenvalue weighted by atomic mass is 10.2. The topological polar surface area (TPSA) is 149 Å². The molecule has 2 rings (SSSR count). The molecule has 6 atom stereocenters. The van der Waals surface area contributed by atoms with Gasteiger partial charge in [0.15, 0.2) is 10.0 Å². The summed E-state index contributed by atoms with van der Waals surface area (Å²) in [6.07, 6.45) is -2.36. The van der Waals surface area contributed by atoms with Gasteiger partial charge in [0, 0.05) is 12.3 Å². The van der Waals surface area contributed by atoms with Gasteiger partial charge in [-0.25, -0.2) is 4.79 Å². The summed E-state index contributed by atoms with van der Waals surface area (Å²) in [5, 5.41) is 13.1. The van der Waals surface area contributed by atoms with E-state index in [-0.39, 0.29) is 25.1 Å². The Balaban J connectivity index is 1.92. The number of aliphatic hydroxyl groups excluding tert-OH is 1. The number of aliphatic hydroxyl groups is 1. The smallest absolute Gasteiger partial charge is 0.464 e. The molecule has 168 valence electrons. The van der Waals surface area contributed by atoms with Crippen molar-refractivity contribution in [1.29, 1.82) is 0 Å². The van der Waals surface area contributed by atoms with Crippen LogP contribution in [0.3, 0.4) is 0 Å². The lowest BCUT2D eigenvalue weighted by molar-refractivity contribution is -0.147. The van der Waals surface area contributed by atoms with E-state index >= 15 is 0 Å². The molecule has 11 nitrogen and oxygen atoms in total. The van der Waals surface area contributed by atoms with Gasteiger partial charge in [0.1, 0.15) is 25.4 Å². The summed E-state index contributed by atoms with van der Waals surface area (Å²) in [6, 6.07) is 0.663. The van der Waals surface area contributed by atoms with Crippen molar-refractivity contribution in [3.8, 4) is 0 Å². The van der Waals surface area contributed by atoms with Crippen LogP contribution in [0.15, 0.2) is 21.9 Å². The number of nitrogens with one attached hydrogen (secondary N) is 2. The summed E-state index contributed by atoms with van der Waals surface area (Å²) in [5.74, 6) is -0.646. The number of hydrogen-bond acceptors (Lipinski definition) is 8. The number of carbonyl (C=O) groups is 1. The first-order chi connectivity index (χ1) is 13.9. The van der Waals surface area contributed by atoms with Gasteiger partial charge < -0.3 is 14.6 Å². The average Bonchev–Trinajstić information content (AvgIpc) is 2.87. The maximum atomic E-state index is 12.1. The fraction of sp³-hybridized carbons (Fsp3) is 0.688. The normalized spacial score (nSPS) is 27.8. The first-order valence-corrected chi connectivity index (χ1v) is 11.3. The molecular weight excluding hydrogens is 509 g/mol. The minimum atomic E-state index is -2.37. The van der Waals surface area contributed by atoms with Gasteiger partial charge in [-0.1, -0.05) is 46.5 Å². The second-order valence-corrected chi connectivity index (χ2v) is 10.5. The van der Waals surface area contributed by atoms with Gasteiger partial charge in [-0.2, -0.15) is 0 Å². The van der Waals surface area contributed by atoms with Crippen LogP contribution in [0, 0.1) is 5.92 Å². The number of H-pyrrole nitrogens is 1. The standard InChI is InChI=1S/C16H22BrClN3O8P/c1-8(2)13(24)27-6-9(3)20-30(26)28-7-10-12(23)16(17,18)14(29-10)21-5-4-11(22)19-15(21)25/h4-5,8-10,12,14,23H,6-7H2,1-3H3,(H-,19,20,22,25,26)/p+1/t9-,10+,12+,14+,16-/m0/s1. The van der Waals surface area contributed by atoms with Crippen LogP contribution in [0.1, 0.15) is 27.0 Å². The molecule has 1 aromatic rings. The van der Waals surface area contributed by atoms with Crippen LogP contribution >= 0.6 is 35.7 Å². The number of halogens is 2. The van der Waals surface area contributed by atoms with E-state index < -0.39 is 47.7 Å². The largest absolute Gasteiger partial charge is 0.613 e. The molecule has 0 bridgehead atoms. The van der Waals surface area contributed by atoms with Crippen LogP contribution in [0.4, 0.5) is 0 Å². The van der Waals surface area contributed by atoms with Crippen molar-refractivity contribution in [3.05, 3.63) is 33.1 Å². The molecule has 0 saturated carbocycles. The van der Waals surface area contributed by atoms with E-state index in [9.17, 15) is 24.1 Å². The van der Waals surface area contributed by atoms with E-state index in [0.29, 0.717) is 0 Å². The lowest BCUT2D eigenvalue weighted by Crippen LogP contribution is -2.40. The van der Waals surface area contributed by atoms with E-state index in [2.05, 4.69) is 26.0 Å². The Hall–Kier alpha value is -1.14. The zero-order chi connectivity index (χ0) is 22.6. The molecule has 2 heterocycles. The predicted octanol–water partition coefficient (Wildman–Crippen LogP) is 0.976. The maximum Gasteiger partial charge on any atom is 0.613 e. The van der Waals surface area contributed by atoms with Crippen LogP contribution in [0.2, 0.25) is 0 Å². The van der Waals surface area contributed by atoms with E-state index in [1.165, 1.54) is 6.20 Å². The van der Waals surface area contributed by atoms with Crippen molar-refractivity contribution in [1.82, 2.24) is 14.6 Å². The summed E-state index contributed by atoms with van der Waals surface area (Å²) in [6.45, 7) is 4.76. The Morgan fingerprint density at radius 1 is 1.50 bits per heavy atom. The molecule has 0 amide bonds. The molecule has 1 unspecified atom stereocenters. The first-order valence-electron chi connectivity index (χ1n) is 8.99. The molecule has 0 radical (unpaired) electrons. The Morgan fingerprint density at radius 3 is 2.77 bits per heavy atom. The number of alkyl halides is 2.